The molecule has 0 saturated heterocycles. The fourth-order valence-corrected chi connectivity index (χ4v) is 2.98. The number of ether oxygens (including phenoxy) is 3. The molecule has 1 atom stereocenters. The highest BCUT2D eigenvalue weighted by Crippen LogP contribution is 2.39. The van der Waals surface area contributed by atoms with Crippen LogP contribution in [0.25, 0.3) is 0 Å². The van der Waals surface area contributed by atoms with Gasteiger partial charge < -0.3 is 24.8 Å². The zero-order chi connectivity index (χ0) is 16.6. The molecule has 0 aliphatic carbocycles. The Balaban J connectivity index is 2.15. The fourth-order valence-electron chi connectivity index (χ4n) is 2.73. The SMILES string of the molecule is COC(=O)C1=C(C)NC(=O)NC1c1cc(Cl)cc2c1OCOC2. The van der Waals surface area contributed by atoms with Crippen molar-refractivity contribution in [3.8, 4) is 5.75 Å². The third-order valence-electron chi connectivity index (χ3n) is 3.69. The van der Waals surface area contributed by atoms with Gasteiger partial charge in [0.1, 0.15) is 5.75 Å². The van der Waals surface area contributed by atoms with Gasteiger partial charge in [-0.2, -0.15) is 0 Å². The first-order valence-corrected chi connectivity index (χ1v) is 7.28. The molecule has 2 amide bonds. The molecule has 1 aromatic carbocycles. The summed E-state index contributed by atoms with van der Waals surface area (Å²) in [5.41, 5.74) is 2.07. The number of allylic oxidation sites excluding steroid dienone is 1. The maximum atomic E-state index is 12.2. The number of urea groups is 1. The number of halogens is 1. The van der Waals surface area contributed by atoms with Crippen LogP contribution in [0.4, 0.5) is 4.79 Å². The lowest BCUT2D eigenvalue weighted by Crippen LogP contribution is -2.45. The van der Waals surface area contributed by atoms with Crippen molar-refractivity contribution >= 4 is 23.6 Å². The summed E-state index contributed by atoms with van der Waals surface area (Å²) in [6.07, 6.45) is 0. The van der Waals surface area contributed by atoms with E-state index in [1.54, 1.807) is 19.1 Å². The summed E-state index contributed by atoms with van der Waals surface area (Å²) in [7, 11) is 1.29. The minimum absolute atomic E-state index is 0.0941. The van der Waals surface area contributed by atoms with Crippen molar-refractivity contribution in [2.24, 2.45) is 0 Å². The first-order valence-electron chi connectivity index (χ1n) is 6.90. The van der Waals surface area contributed by atoms with Gasteiger partial charge in [0.25, 0.3) is 0 Å². The topological polar surface area (TPSA) is 85.9 Å². The van der Waals surface area contributed by atoms with E-state index in [4.69, 9.17) is 25.8 Å². The number of hydrogen-bond acceptors (Lipinski definition) is 5. The van der Waals surface area contributed by atoms with Crippen LogP contribution < -0.4 is 15.4 Å². The van der Waals surface area contributed by atoms with Crippen LogP contribution >= 0.6 is 11.6 Å². The number of fused-ring (bicyclic) bond motifs is 1. The first kappa shape index (κ1) is 15.6. The van der Waals surface area contributed by atoms with Crippen molar-refractivity contribution in [3.63, 3.8) is 0 Å². The predicted molar refractivity (Wildman–Crippen MR) is 80.9 cm³/mol. The molecule has 0 radical (unpaired) electrons. The Kier molecular flexibility index (Phi) is 4.14. The van der Waals surface area contributed by atoms with Gasteiger partial charge >= 0.3 is 12.0 Å². The van der Waals surface area contributed by atoms with Crippen molar-refractivity contribution in [2.75, 3.05) is 13.9 Å². The van der Waals surface area contributed by atoms with E-state index in [2.05, 4.69) is 10.6 Å². The molecule has 0 saturated carbocycles. The Morgan fingerprint density at radius 3 is 2.96 bits per heavy atom. The second-order valence-electron chi connectivity index (χ2n) is 5.16. The molecule has 0 bridgehead atoms. The third-order valence-corrected chi connectivity index (χ3v) is 3.91. The molecule has 2 heterocycles. The minimum atomic E-state index is -0.721. The summed E-state index contributed by atoms with van der Waals surface area (Å²) in [6.45, 7) is 2.08. The van der Waals surface area contributed by atoms with Gasteiger partial charge in [-0.05, 0) is 19.1 Å². The predicted octanol–water partition coefficient (Wildman–Crippen LogP) is 2.01. The molecule has 1 unspecified atom stereocenters. The van der Waals surface area contributed by atoms with Gasteiger partial charge in [0.2, 0.25) is 0 Å². The Labute approximate surface area is 137 Å². The summed E-state index contributed by atoms with van der Waals surface area (Å²) in [5.74, 6) is 0.0165. The van der Waals surface area contributed by atoms with E-state index < -0.39 is 18.0 Å². The van der Waals surface area contributed by atoms with E-state index in [1.807, 2.05) is 0 Å². The van der Waals surface area contributed by atoms with E-state index in [0.717, 1.165) is 5.56 Å². The summed E-state index contributed by atoms with van der Waals surface area (Å²) in [6, 6.07) is 2.26. The van der Waals surface area contributed by atoms with Gasteiger partial charge in [-0.25, -0.2) is 9.59 Å². The zero-order valence-electron chi connectivity index (χ0n) is 12.6. The lowest BCUT2D eigenvalue weighted by atomic mass is 9.93. The van der Waals surface area contributed by atoms with Crippen LogP contribution in [-0.2, 0) is 20.9 Å². The fraction of sp³-hybridized carbons (Fsp3) is 0.333. The quantitative estimate of drug-likeness (QED) is 0.806. The van der Waals surface area contributed by atoms with Crippen LogP contribution in [0.2, 0.25) is 5.02 Å². The zero-order valence-corrected chi connectivity index (χ0v) is 13.3. The van der Waals surface area contributed by atoms with Crippen LogP contribution in [0.15, 0.2) is 23.4 Å². The molecule has 0 fully saturated rings. The van der Waals surface area contributed by atoms with Crippen LogP contribution in [0.3, 0.4) is 0 Å². The van der Waals surface area contributed by atoms with Crippen LogP contribution in [-0.4, -0.2) is 25.9 Å². The monoisotopic (exact) mass is 338 g/mol. The number of benzene rings is 1. The molecule has 2 aliphatic heterocycles. The average molecular weight is 339 g/mol. The van der Waals surface area contributed by atoms with E-state index in [1.165, 1.54) is 7.11 Å². The molecular formula is C15H15ClN2O5. The van der Waals surface area contributed by atoms with Crippen LogP contribution in [0, 0.1) is 0 Å². The lowest BCUT2D eigenvalue weighted by molar-refractivity contribution is -0.136. The van der Waals surface area contributed by atoms with Crippen molar-refractivity contribution in [1.29, 1.82) is 0 Å². The molecule has 2 aliphatic rings. The molecule has 1 aromatic rings. The Hall–Kier alpha value is -2.25. The molecule has 0 aromatic heterocycles. The second-order valence-corrected chi connectivity index (χ2v) is 5.59. The largest absolute Gasteiger partial charge is 0.467 e. The standard InChI is InChI=1S/C15H15ClN2O5/c1-7-11(14(19)21-2)12(18-15(20)17-7)10-4-9(16)3-8-5-22-6-23-13(8)10/h3-4,12H,5-6H2,1-2H3,(H2,17,18,20). The molecule has 23 heavy (non-hydrogen) atoms. The van der Waals surface area contributed by atoms with Gasteiger partial charge in [-0.3, -0.25) is 0 Å². The highest BCUT2D eigenvalue weighted by molar-refractivity contribution is 6.30. The van der Waals surface area contributed by atoms with Crippen molar-refractivity contribution < 1.29 is 23.8 Å². The molecule has 0 spiro atoms. The highest BCUT2D eigenvalue weighted by Gasteiger charge is 2.35. The molecule has 3 rings (SSSR count). The van der Waals surface area contributed by atoms with Crippen LogP contribution in [0.1, 0.15) is 24.1 Å². The van der Waals surface area contributed by atoms with Gasteiger partial charge in [0, 0.05) is 21.8 Å². The normalized spacial score (nSPS) is 20.1. The molecule has 122 valence electrons. The summed E-state index contributed by atoms with van der Waals surface area (Å²) >= 11 is 6.16. The van der Waals surface area contributed by atoms with E-state index >= 15 is 0 Å². The van der Waals surface area contributed by atoms with Gasteiger partial charge in [-0.15, -0.1) is 0 Å². The van der Waals surface area contributed by atoms with Gasteiger partial charge in [0.15, 0.2) is 6.79 Å². The Bertz CT molecular complexity index is 716. The van der Waals surface area contributed by atoms with Crippen molar-refractivity contribution in [1.82, 2.24) is 10.6 Å². The van der Waals surface area contributed by atoms with Crippen molar-refractivity contribution in [3.05, 3.63) is 39.6 Å². The molecule has 8 heteroatoms. The first-order chi connectivity index (χ1) is 11.0. The molecule has 7 nitrogen and oxygen atoms in total. The maximum Gasteiger partial charge on any atom is 0.337 e. The smallest absolute Gasteiger partial charge is 0.337 e. The van der Waals surface area contributed by atoms with E-state index in [9.17, 15) is 9.59 Å². The van der Waals surface area contributed by atoms with E-state index in [-0.39, 0.29) is 6.79 Å². The number of amides is 2. The number of methoxy groups -OCH3 is 1. The summed E-state index contributed by atoms with van der Waals surface area (Å²) in [5, 5.41) is 5.75. The average Bonchev–Trinajstić information content (AvgIpc) is 2.52. The Morgan fingerprint density at radius 2 is 2.22 bits per heavy atom. The maximum absolute atomic E-state index is 12.2. The Morgan fingerprint density at radius 1 is 1.43 bits per heavy atom. The highest BCUT2D eigenvalue weighted by atomic mass is 35.5. The number of hydrogen-bond donors (Lipinski definition) is 2. The van der Waals surface area contributed by atoms with Gasteiger partial charge in [-0.1, -0.05) is 11.6 Å². The summed E-state index contributed by atoms with van der Waals surface area (Å²) in [4.78, 5) is 24.0. The third kappa shape index (κ3) is 2.85. The molecule has 2 N–H and O–H groups in total. The van der Waals surface area contributed by atoms with Crippen molar-refractivity contribution in [2.45, 2.75) is 19.6 Å². The molecular weight excluding hydrogens is 324 g/mol. The van der Waals surface area contributed by atoms with Crippen LogP contribution in [0.5, 0.6) is 5.75 Å². The minimum Gasteiger partial charge on any atom is -0.467 e. The number of rotatable bonds is 2. The van der Waals surface area contributed by atoms with E-state index in [0.29, 0.717) is 34.2 Å². The lowest BCUT2D eigenvalue weighted by Gasteiger charge is -2.30. The number of carbonyl (C=O) groups excluding carboxylic acids is 2. The van der Waals surface area contributed by atoms with Gasteiger partial charge in [0.05, 0.1) is 25.3 Å². The number of esters is 1. The number of nitrogens with one attached hydrogen (secondary N) is 2. The second kappa shape index (κ2) is 6.10. The summed E-state index contributed by atoms with van der Waals surface area (Å²) < 4.78 is 15.6. The number of carbonyl (C=O) groups is 2.